The SMILES string of the molecule is CC(=O)N/C(=C/c1cccc([N+](=O)[O-])c1)C(=O)NC(C)(C)C. The molecule has 7 nitrogen and oxygen atoms in total. The number of rotatable bonds is 4. The van der Waals surface area contributed by atoms with Gasteiger partial charge in [-0.2, -0.15) is 0 Å². The fourth-order valence-electron chi connectivity index (χ4n) is 1.65. The van der Waals surface area contributed by atoms with Crippen molar-refractivity contribution in [1.29, 1.82) is 0 Å². The smallest absolute Gasteiger partial charge is 0.270 e. The minimum Gasteiger partial charge on any atom is -0.346 e. The van der Waals surface area contributed by atoms with Crippen molar-refractivity contribution < 1.29 is 14.5 Å². The molecular weight excluding hydrogens is 286 g/mol. The highest BCUT2D eigenvalue weighted by atomic mass is 16.6. The number of amides is 2. The maximum Gasteiger partial charge on any atom is 0.270 e. The summed E-state index contributed by atoms with van der Waals surface area (Å²) >= 11 is 0. The molecular formula is C15H19N3O4. The molecule has 0 aliphatic carbocycles. The van der Waals surface area contributed by atoms with Crippen molar-refractivity contribution in [2.24, 2.45) is 0 Å². The fraction of sp³-hybridized carbons (Fsp3) is 0.333. The third-order valence-corrected chi connectivity index (χ3v) is 2.44. The van der Waals surface area contributed by atoms with Crippen LogP contribution in [-0.2, 0) is 9.59 Å². The molecule has 118 valence electrons. The molecule has 7 heteroatoms. The lowest BCUT2D eigenvalue weighted by atomic mass is 10.1. The quantitative estimate of drug-likeness (QED) is 0.504. The number of nitrogens with one attached hydrogen (secondary N) is 2. The van der Waals surface area contributed by atoms with Crippen LogP contribution in [0.15, 0.2) is 30.0 Å². The van der Waals surface area contributed by atoms with Crippen molar-refractivity contribution in [3.8, 4) is 0 Å². The maximum atomic E-state index is 12.2. The number of benzene rings is 1. The van der Waals surface area contributed by atoms with E-state index in [-0.39, 0.29) is 11.4 Å². The van der Waals surface area contributed by atoms with Crippen LogP contribution in [0.4, 0.5) is 5.69 Å². The van der Waals surface area contributed by atoms with E-state index in [9.17, 15) is 19.7 Å². The van der Waals surface area contributed by atoms with Gasteiger partial charge in [-0.1, -0.05) is 12.1 Å². The molecule has 0 bridgehead atoms. The second-order valence-corrected chi connectivity index (χ2v) is 5.80. The molecule has 0 saturated heterocycles. The van der Waals surface area contributed by atoms with Gasteiger partial charge in [0.05, 0.1) is 4.92 Å². The van der Waals surface area contributed by atoms with E-state index < -0.39 is 22.3 Å². The number of nitrogens with zero attached hydrogens (tertiary/aromatic N) is 1. The molecule has 2 N–H and O–H groups in total. The molecule has 0 aromatic heterocycles. The molecule has 0 aliphatic rings. The summed E-state index contributed by atoms with van der Waals surface area (Å²) in [5.74, 6) is -0.866. The van der Waals surface area contributed by atoms with Crippen LogP contribution in [0.1, 0.15) is 33.3 Å². The normalized spacial score (nSPS) is 11.7. The number of carbonyl (C=O) groups excluding carboxylic acids is 2. The van der Waals surface area contributed by atoms with E-state index in [2.05, 4.69) is 10.6 Å². The molecule has 0 unspecified atom stereocenters. The largest absolute Gasteiger partial charge is 0.346 e. The minimum absolute atomic E-state index is 0.0305. The summed E-state index contributed by atoms with van der Waals surface area (Å²) in [6, 6.07) is 5.80. The van der Waals surface area contributed by atoms with Gasteiger partial charge in [0.1, 0.15) is 5.70 Å². The predicted octanol–water partition coefficient (Wildman–Crippen LogP) is 1.99. The first-order chi connectivity index (χ1) is 10.1. The van der Waals surface area contributed by atoms with E-state index in [0.717, 1.165) is 0 Å². The van der Waals surface area contributed by atoms with Gasteiger partial charge in [-0.05, 0) is 32.4 Å². The summed E-state index contributed by atoms with van der Waals surface area (Å²) in [4.78, 5) is 33.7. The zero-order valence-corrected chi connectivity index (χ0v) is 13.0. The fourth-order valence-corrected chi connectivity index (χ4v) is 1.65. The van der Waals surface area contributed by atoms with E-state index in [4.69, 9.17) is 0 Å². The molecule has 0 heterocycles. The summed E-state index contributed by atoms with van der Waals surface area (Å²) in [5, 5.41) is 15.9. The van der Waals surface area contributed by atoms with Gasteiger partial charge in [0.25, 0.3) is 11.6 Å². The van der Waals surface area contributed by atoms with Crippen molar-refractivity contribution in [3.63, 3.8) is 0 Å². The number of nitro benzene ring substituents is 1. The van der Waals surface area contributed by atoms with Crippen LogP contribution in [0.5, 0.6) is 0 Å². The van der Waals surface area contributed by atoms with Crippen LogP contribution in [0.3, 0.4) is 0 Å². The summed E-state index contributed by atoms with van der Waals surface area (Å²) < 4.78 is 0. The summed E-state index contributed by atoms with van der Waals surface area (Å²) in [6.45, 7) is 6.71. The Balaban J connectivity index is 3.15. The van der Waals surface area contributed by atoms with Crippen molar-refractivity contribution in [2.75, 3.05) is 0 Å². The number of non-ortho nitro benzene ring substituents is 1. The molecule has 1 aromatic rings. The Morgan fingerprint density at radius 2 is 1.91 bits per heavy atom. The summed E-state index contributed by atoms with van der Waals surface area (Å²) in [6.07, 6.45) is 1.40. The Kier molecular flexibility index (Phi) is 5.39. The van der Waals surface area contributed by atoms with E-state index in [1.807, 2.05) is 20.8 Å². The van der Waals surface area contributed by atoms with Crippen LogP contribution in [0.25, 0.3) is 6.08 Å². The molecule has 1 rings (SSSR count). The molecule has 0 spiro atoms. The maximum absolute atomic E-state index is 12.2. The Morgan fingerprint density at radius 1 is 1.27 bits per heavy atom. The van der Waals surface area contributed by atoms with Crippen molar-refractivity contribution in [3.05, 3.63) is 45.6 Å². The third kappa shape index (κ3) is 5.74. The lowest BCUT2D eigenvalue weighted by molar-refractivity contribution is -0.384. The molecule has 0 radical (unpaired) electrons. The molecule has 0 saturated carbocycles. The van der Waals surface area contributed by atoms with E-state index in [1.54, 1.807) is 6.07 Å². The molecule has 0 aliphatic heterocycles. The average Bonchev–Trinajstić information content (AvgIpc) is 2.35. The summed E-state index contributed by atoms with van der Waals surface area (Å²) in [5.41, 5.74) is -0.0887. The lowest BCUT2D eigenvalue weighted by Crippen LogP contribution is -2.44. The first kappa shape index (κ1) is 17.4. The first-order valence-electron chi connectivity index (χ1n) is 6.65. The Hall–Kier alpha value is -2.70. The van der Waals surface area contributed by atoms with Crippen LogP contribution in [0.2, 0.25) is 0 Å². The molecule has 1 aromatic carbocycles. The number of hydrogen-bond donors (Lipinski definition) is 2. The second-order valence-electron chi connectivity index (χ2n) is 5.80. The Bertz CT molecular complexity index is 630. The Labute approximate surface area is 128 Å². The van der Waals surface area contributed by atoms with Gasteiger partial charge in [0.15, 0.2) is 0 Å². The Morgan fingerprint density at radius 3 is 2.41 bits per heavy atom. The predicted molar refractivity (Wildman–Crippen MR) is 82.8 cm³/mol. The standard InChI is InChI=1S/C15H19N3O4/c1-10(19)16-13(14(20)17-15(2,3)4)9-11-6-5-7-12(8-11)18(21)22/h5-9H,1-4H3,(H,16,19)(H,17,20)/b13-9+. The van der Waals surface area contributed by atoms with E-state index in [1.165, 1.54) is 31.2 Å². The number of carbonyl (C=O) groups is 2. The van der Waals surface area contributed by atoms with Gasteiger partial charge < -0.3 is 10.6 Å². The van der Waals surface area contributed by atoms with Crippen molar-refractivity contribution in [1.82, 2.24) is 10.6 Å². The van der Waals surface area contributed by atoms with Crippen LogP contribution < -0.4 is 10.6 Å². The van der Waals surface area contributed by atoms with Gasteiger partial charge in [0, 0.05) is 24.6 Å². The lowest BCUT2D eigenvalue weighted by Gasteiger charge is -2.21. The highest BCUT2D eigenvalue weighted by molar-refractivity contribution is 6.01. The van der Waals surface area contributed by atoms with Gasteiger partial charge in [-0.25, -0.2) is 0 Å². The van der Waals surface area contributed by atoms with Gasteiger partial charge in [0.2, 0.25) is 5.91 Å². The van der Waals surface area contributed by atoms with Gasteiger partial charge in [-0.3, -0.25) is 19.7 Å². The van der Waals surface area contributed by atoms with Crippen molar-refractivity contribution in [2.45, 2.75) is 33.2 Å². The van der Waals surface area contributed by atoms with Crippen LogP contribution in [0, 0.1) is 10.1 Å². The number of hydrogen-bond acceptors (Lipinski definition) is 4. The average molecular weight is 305 g/mol. The van der Waals surface area contributed by atoms with E-state index in [0.29, 0.717) is 5.56 Å². The van der Waals surface area contributed by atoms with Gasteiger partial charge >= 0.3 is 0 Å². The number of nitro groups is 1. The summed E-state index contributed by atoms with van der Waals surface area (Å²) in [7, 11) is 0. The highest BCUT2D eigenvalue weighted by Crippen LogP contribution is 2.15. The first-order valence-corrected chi connectivity index (χ1v) is 6.65. The van der Waals surface area contributed by atoms with Crippen LogP contribution >= 0.6 is 0 Å². The monoisotopic (exact) mass is 305 g/mol. The molecule has 2 amide bonds. The third-order valence-electron chi connectivity index (χ3n) is 2.44. The molecule has 22 heavy (non-hydrogen) atoms. The molecule has 0 fully saturated rings. The van der Waals surface area contributed by atoms with Crippen LogP contribution in [-0.4, -0.2) is 22.3 Å². The zero-order valence-electron chi connectivity index (χ0n) is 13.0. The van der Waals surface area contributed by atoms with E-state index >= 15 is 0 Å². The topological polar surface area (TPSA) is 101 Å². The highest BCUT2D eigenvalue weighted by Gasteiger charge is 2.18. The van der Waals surface area contributed by atoms with Crippen molar-refractivity contribution >= 4 is 23.6 Å². The van der Waals surface area contributed by atoms with Gasteiger partial charge in [-0.15, -0.1) is 0 Å². The second kappa shape index (κ2) is 6.84. The molecule has 0 atom stereocenters. The minimum atomic E-state index is -0.523. The zero-order chi connectivity index (χ0) is 16.9.